The largest absolute Gasteiger partial charge is 0.482 e. The second kappa shape index (κ2) is 8.00. The number of nitro groups is 1. The summed E-state index contributed by atoms with van der Waals surface area (Å²) in [6.07, 6.45) is 1.11. The van der Waals surface area contributed by atoms with Crippen LogP contribution in [-0.2, 0) is 4.79 Å². The first-order valence-electron chi connectivity index (χ1n) is 6.20. The smallest absolute Gasteiger partial charge is 0.433 e. The summed E-state index contributed by atoms with van der Waals surface area (Å²) in [6.45, 7) is -0.382. The third-order valence-corrected chi connectivity index (χ3v) is 3.52. The number of carbonyl (C=O) groups excluding carboxylic acids is 1. The fourth-order valence-corrected chi connectivity index (χ4v) is 2.06. The average molecular weight is 393 g/mol. The first-order chi connectivity index (χ1) is 11.4. The van der Waals surface area contributed by atoms with E-state index in [1.54, 1.807) is 0 Å². The van der Waals surface area contributed by atoms with E-state index in [1.807, 2.05) is 0 Å². The Morgan fingerprint density at radius 1 is 1.29 bits per heavy atom. The fraction of sp³-hybridized carbons (Fsp3) is 0.0769. The van der Waals surface area contributed by atoms with Gasteiger partial charge in [0.05, 0.1) is 27.3 Å². The molecule has 0 atom stereocenters. The molecule has 1 heterocycles. The molecule has 24 heavy (non-hydrogen) atoms. The second-order valence-electron chi connectivity index (χ2n) is 4.21. The van der Waals surface area contributed by atoms with Crippen molar-refractivity contribution in [2.24, 2.45) is 5.10 Å². The fourth-order valence-electron chi connectivity index (χ4n) is 1.47. The molecule has 0 aliphatic rings. The summed E-state index contributed by atoms with van der Waals surface area (Å²) in [5, 5.41) is 14.7. The van der Waals surface area contributed by atoms with E-state index in [-0.39, 0.29) is 33.2 Å². The van der Waals surface area contributed by atoms with Gasteiger partial charge in [-0.05, 0) is 12.1 Å². The highest BCUT2D eigenvalue weighted by Crippen LogP contribution is 2.33. The van der Waals surface area contributed by atoms with Gasteiger partial charge < -0.3 is 9.15 Å². The molecule has 2 aromatic rings. The van der Waals surface area contributed by atoms with E-state index in [0.717, 1.165) is 6.21 Å². The molecule has 0 aliphatic heterocycles. The molecule has 8 nitrogen and oxygen atoms in total. The molecule has 0 radical (unpaired) electrons. The molecule has 1 amide bonds. The molecule has 1 N–H and O–H groups in total. The average Bonchev–Trinajstić information content (AvgIpc) is 2.99. The molecule has 11 heteroatoms. The Hall–Kier alpha value is -2.29. The Labute approximate surface area is 150 Å². The maximum atomic E-state index is 11.6. The third kappa shape index (κ3) is 4.85. The van der Waals surface area contributed by atoms with Crippen molar-refractivity contribution in [1.82, 2.24) is 5.43 Å². The van der Waals surface area contributed by atoms with E-state index in [4.69, 9.17) is 44.0 Å². The number of halogens is 3. The highest BCUT2D eigenvalue weighted by Gasteiger charge is 2.11. The number of nitrogens with zero attached hydrogens (tertiary/aromatic N) is 2. The van der Waals surface area contributed by atoms with Crippen LogP contribution in [0, 0.1) is 10.1 Å². The third-order valence-electron chi connectivity index (χ3n) is 2.51. The van der Waals surface area contributed by atoms with Crippen molar-refractivity contribution in [3.63, 3.8) is 0 Å². The van der Waals surface area contributed by atoms with Gasteiger partial charge in [-0.3, -0.25) is 14.9 Å². The number of carbonyl (C=O) groups is 1. The summed E-state index contributed by atoms with van der Waals surface area (Å²) in [5.41, 5.74) is 2.16. The van der Waals surface area contributed by atoms with E-state index in [0.29, 0.717) is 0 Å². The maximum absolute atomic E-state index is 11.6. The molecule has 0 fully saturated rings. The van der Waals surface area contributed by atoms with Gasteiger partial charge >= 0.3 is 5.88 Å². The van der Waals surface area contributed by atoms with Crippen LogP contribution in [-0.4, -0.2) is 23.7 Å². The molecule has 126 valence electrons. The van der Waals surface area contributed by atoms with Gasteiger partial charge in [0.25, 0.3) is 5.91 Å². The molecule has 0 aliphatic carbocycles. The van der Waals surface area contributed by atoms with Crippen molar-refractivity contribution in [3.05, 3.63) is 55.2 Å². The molecule has 0 spiro atoms. The van der Waals surface area contributed by atoms with E-state index in [2.05, 4.69) is 10.5 Å². The highest BCUT2D eigenvalue weighted by molar-refractivity contribution is 6.43. The lowest BCUT2D eigenvalue weighted by molar-refractivity contribution is -0.402. The number of ether oxygens (including phenoxy) is 1. The molecule has 1 aromatic heterocycles. The Balaban J connectivity index is 1.86. The summed E-state index contributed by atoms with van der Waals surface area (Å²) >= 11 is 17.5. The van der Waals surface area contributed by atoms with E-state index < -0.39 is 16.7 Å². The summed E-state index contributed by atoms with van der Waals surface area (Å²) in [5.74, 6) is -0.725. The van der Waals surface area contributed by atoms with Crippen LogP contribution in [0.2, 0.25) is 15.1 Å². The van der Waals surface area contributed by atoms with Crippen LogP contribution in [0.15, 0.2) is 33.8 Å². The Morgan fingerprint density at radius 3 is 2.67 bits per heavy atom. The molecule has 0 unspecified atom stereocenters. The van der Waals surface area contributed by atoms with Crippen molar-refractivity contribution in [2.75, 3.05) is 6.61 Å². The number of furan rings is 1. The monoisotopic (exact) mass is 391 g/mol. The number of hydrazone groups is 1. The van der Waals surface area contributed by atoms with Gasteiger partial charge in [0, 0.05) is 6.07 Å². The number of nitrogens with one attached hydrogen (secondary N) is 1. The molecule has 1 aromatic carbocycles. The molecule has 2 rings (SSSR count). The summed E-state index contributed by atoms with van der Waals surface area (Å²) in [4.78, 5) is 21.3. The lowest BCUT2D eigenvalue weighted by Gasteiger charge is -2.08. The van der Waals surface area contributed by atoms with E-state index in [1.165, 1.54) is 24.3 Å². The summed E-state index contributed by atoms with van der Waals surface area (Å²) < 4.78 is 10.0. The lowest BCUT2D eigenvalue weighted by atomic mass is 10.3. The lowest BCUT2D eigenvalue weighted by Crippen LogP contribution is -2.24. The van der Waals surface area contributed by atoms with Crippen LogP contribution in [0.3, 0.4) is 0 Å². The number of amides is 1. The maximum Gasteiger partial charge on any atom is 0.433 e. The SMILES string of the molecule is O=C(COc1cc(Cl)c(Cl)cc1Cl)NN=Cc1ccc([N+](=O)[O-])o1. The van der Waals surface area contributed by atoms with Gasteiger partial charge in [0.2, 0.25) is 0 Å². The number of hydrogen-bond acceptors (Lipinski definition) is 6. The van der Waals surface area contributed by atoms with Crippen molar-refractivity contribution in [1.29, 1.82) is 0 Å². The Kier molecular flexibility index (Phi) is 6.02. The van der Waals surface area contributed by atoms with Crippen LogP contribution in [0.4, 0.5) is 5.88 Å². The Morgan fingerprint density at radius 2 is 2.00 bits per heavy atom. The first kappa shape index (κ1) is 18.1. The first-order valence-corrected chi connectivity index (χ1v) is 7.33. The van der Waals surface area contributed by atoms with E-state index in [9.17, 15) is 14.9 Å². The van der Waals surface area contributed by atoms with Gasteiger partial charge in [-0.25, -0.2) is 5.43 Å². The zero-order valence-corrected chi connectivity index (χ0v) is 13.9. The predicted molar refractivity (Wildman–Crippen MR) is 88.1 cm³/mol. The van der Waals surface area contributed by atoms with Gasteiger partial charge in [-0.1, -0.05) is 34.8 Å². The van der Waals surface area contributed by atoms with Crippen LogP contribution >= 0.6 is 34.8 Å². The quantitative estimate of drug-likeness (QED) is 0.349. The van der Waals surface area contributed by atoms with Crippen molar-refractivity contribution < 1.29 is 18.9 Å². The molecular formula is C13H8Cl3N3O5. The van der Waals surface area contributed by atoms with Crippen molar-refractivity contribution in [3.8, 4) is 5.75 Å². The minimum Gasteiger partial charge on any atom is -0.482 e. The predicted octanol–water partition coefficient (Wildman–Crippen LogP) is 3.68. The number of hydrogen-bond donors (Lipinski definition) is 1. The minimum atomic E-state index is -0.690. The molecular weight excluding hydrogens is 385 g/mol. The topological polar surface area (TPSA) is 107 Å². The van der Waals surface area contributed by atoms with Gasteiger partial charge in [0.1, 0.15) is 10.7 Å². The van der Waals surface area contributed by atoms with Crippen LogP contribution in [0.5, 0.6) is 5.75 Å². The zero-order valence-electron chi connectivity index (χ0n) is 11.7. The molecule has 0 saturated heterocycles. The van der Waals surface area contributed by atoms with Crippen LogP contribution in [0.25, 0.3) is 0 Å². The molecule has 0 bridgehead atoms. The van der Waals surface area contributed by atoms with Gasteiger partial charge in [-0.15, -0.1) is 0 Å². The normalized spacial score (nSPS) is 10.8. The van der Waals surface area contributed by atoms with Crippen LogP contribution in [0.1, 0.15) is 5.76 Å². The van der Waals surface area contributed by atoms with Gasteiger partial charge in [-0.2, -0.15) is 5.10 Å². The summed E-state index contributed by atoms with van der Waals surface area (Å²) in [6, 6.07) is 5.27. The number of benzene rings is 1. The van der Waals surface area contributed by atoms with Crippen molar-refractivity contribution >= 4 is 52.8 Å². The van der Waals surface area contributed by atoms with Crippen LogP contribution < -0.4 is 10.2 Å². The molecule has 0 saturated carbocycles. The van der Waals surface area contributed by atoms with Crippen molar-refractivity contribution in [2.45, 2.75) is 0 Å². The highest BCUT2D eigenvalue weighted by atomic mass is 35.5. The zero-order chi connectivity index (χ0) is 17.7. The standard InChI is InChI=1S/C13H8Cl3N3O5/c14-8-3-10(16)11(4-9(8)15)23-6-12(20)18-17-5-7-1-2-13(24-7)19(21)22/h1-5H,6H2,(H,18,20). The Bertz CT molecular complexity index is 806. The minimum absolute atomic E-state index is 0.107. The van der Waals surface area contributed by atoms with Gasteiger partial charge in [0.15, 0.2) is 12.4 Å². The van der Waals surface area contributed by atoms with E-state index >= 15 is 0 Å². The number of rotatable bonds is 6. The summed E-state index contributed by atoms with van der Waals surface area (Å²) in [7, 11) is 0. The second-order valence-corrected chi connectivity index (χ2v) is 5.43.